The summed E-state index contributed by atoms with van der Waals surface area (Å²) in [6, 6.07) is 0. The fraction of sp³-hybridized carbons (Fsp3) is 0.750. The van der Waals surface area contributed by atoms with Crippen LogP contribution in [0.2, 0.25) is 0 Å². The molecule has 1 fully saturated rings. The quantitative estimate of drug-likeness (QED) is 0.799. The van der Waals surface area contributed by atoms with Crippen LogP contribution in [-0.2, 0) is 13.6 Å². The minimum atomic E-state index is 0.599. The van der Waals surface area contributed by atoms with Gasteiger partial charge in [0.15, 0.2) is 0 Å². The SMILES string of the molecule is CC(C)C1(CNCc2cnn(C)c2)CC1. The third-order valence-electron chi connectivity index (χ3n) is 3.68. The second-order valence-electron chi connectivity index (χ2n) is 5.14. The third-order valence-corrected chi connectivity index (χ3v) is 3.68. The minimum absolute atomic E-state index is 0.599. The lowest BCUT2D eigenvalue weighted by molar-refractivity contribution is 0.338. The maximum atomic E-state index is 4.16. The molecule has 1 heterocycles. The van der Waals surface area contributed by atoms with Gasteiger partial charge in [0.1, 0.15) is 0 Å². The zero-order valence-electron chi connectivity index (χ0n) is 9.95. The molecule has 3 heteroatoms. The standard InChI is InChI=1S/C12H21N3/c1-10(2)12(4-5-12)9-13-6-11-7-14-15(3)8-11/h7-8,10,13H,4-6,9H2,1-3H3. The summed E-state index contributed by atoms with van der Waals surface area (Å²) in [6.07, 6.45) is 6.79. The van der Waals surface area contributed by atoms with Gasteiger partial charge < -0.3 is 5.32 Å². The van der Waals surface area contributed by atoms with Crippen LogP contribution < -0.4 is 5.32 Å². The van der Waals surface area contributed by atoms with Crippen molar-refractivity contribution in [2.24, 2.45) is 18.4 Å². The summed E-state index contributed by atoms with van der Waals surface area (Å²) in [5, 5.41) is 7.70. The van der Waals surface area contributed by atoms with E-state index in [9.17, 15) is 0 Å². The summed E-state index contributed by atoms with van der Waals surface area (Å²) in [4.78, 5) is 0. The highest BCUT2D eigenvalue weighted by Gasteiger charge is 2.44. The Hall–Kier alpha value is -0.830. The first-order chi connectivity index (χ1) is 7.12. The molecule has 1 N–H and O–H groups in total. The van der Waals surface area contributed by atoms with Crippen molar-refractivity contribution in [2.75, 3.05) is 6.54 Å². The van der Waals surface area contributed by atoms with Gasteiger partial charge in [0, 0.05) is 31.9 Å². The summed E-state index contributed by atoms with van der Waals surface area (Å²) in [5.41, 5.74) is 1.87. The molecular formula is C12H21N3. The van der Waals surface area contributed by atoms with Gasteiger partial charge in [0.05, 0.1) is 6.20 Å². The van der Waals surface area contributed by atoms with Crippen LogP contribution >= 0.6 is 0 Å². The second-order valence-corrected chi connectivity index (χ2v) is 5.14. The summed E-state index contributed by atoms with van der Waals surface area (Å²) in [7, 11) is 1.96. The van der Waals surface area contributed by atoms with E-state index in [2.05, 4.69) is 30.5 Å². The van der Waals surface area contributed by atoms with E-state index in [-0.39, 0.29) is 0 Å². The minimum Gasteiger partial charge on any atom is -0.312 e. The predicted octanol–water partition coefficient (Wildman–Crippen LogP) is 1.95. The lowest BCUT2D eigenvalue weighted by Crippen LogP contribution is -2.27. The van der Waals surface area contributed by atoms with Gasteiger partial charge in [0.25, 0.3) is 0 Å². The van der Waals surface area contributed by atoms with Crippen molar-refractivity contribution in [3.05, 3.63) is 18.0 Å². The van der Waals surface area contributed by atoms with Crippen LogP contribution in [0, 0.1) is 11.3 Å². The monoisotopic (exact) mass is 207 g/mol. The number of hydrogen-bond donors (Lipinski definition) is 1. The van der Waals surface area contributed by atoms with Crippen molar-refractivity contribution >= 4 is 0 Å². The normalized spacial score (nSPS) is 18.4. The van der Waals surface area contributed by atoms with Crippen LogP contribution in [-0.4, -0.2) is 16.3 Å². The Morgan fingerprint density at radius 3 is 2.73 bits per heavy atom. The first-order valence-electron chi connectivity index (χ1n) is 5.81. The molecule has 0 atom stereocenters. The Labute approximate surface area is 91.9 Å². The highest BCUT2D eigenvalue weighted by molar-refractivity contribution is 5.04. The maximum absolute atomic E-state index is 4.16. The summed E-state index contributed by atoms with van der Waals surface area (Å²) >= 11 is 0. The average Bonchev–Trinajstić information content (AvgIpc) is 2.86. The maximum Gasteiger partial charge on any atom is 0.0534 e. The van der Waals surface area contributed by atoms with Crippen LogP contribution in [0.4, 0.5) is 0 Å². The number of aromatic nitrogens is 2. The molecule has 0 unspecified atom stereocenters. The molecule has 3 nitrogen and oxygen atoms in total. The fourth-order valence-corrected chi connectivity index (χ4v) is 2.14. The van der Waals surface area contributed by atoms with E-state index in [1.807, 2.05) is 17.9 Å². The van der Waals surface area contributed by atoms with Gasteiger partial charge in [-0.2, -0.15) is 5.10 Å². The molecule has 0 saturated heterocycles. The predicted molar refractivity (Wildman–Crippen MR) is 61.4 cm³/mol. The lowest BCUT2D eigenvalue weighted by atomic mass is 9.92. The van der Waals surface area contributed by atoms with Gasteiger partial charge in [-0.1, -0.05) is 13.8 Å². The van der Waals surface area contributed by atoms with Crippen LogP contribution in [0.1, 0.15) is 32.3 Å². The van der Waals surface area contributed by atoms with Crippen LogP contribution in [0.3, 0.4) is 0 Å². The molecule has 1 saturated carbocycles. The smallest absolute Gasteiger partial charge is 0.0534 e. The Balaban J connectivity index is 1.76. The van der Waals surface area contributed by atoms with Gasteiger partial charge in [-0.25, -0.2) is 0 Å². The van der Waals surface area contributed by atoms with E-state index in [1.54, 1.807) is 0 Å². The molecule has 0 bridgehead atoms. The molecule has 15 heavy (non-hydrogen) atoms. The first-order valence-corrected chi connectivity index (χ1v) is 5.81. The number of hydrogen-bond acceptors (Lipinski definition) is 2. The molecule has 2 rings (SSSR count). The highest BCUT2D eigenvalue weighted by atomic mass is 15.2. The van der Waals surface area contributed by atoms with E-state index >= 15 is 0 Å². The Bertz CT molecular complexity index is 323. The molecular weight excluding hydrogens is 186 g/mol. The summed E-state index contributed by atoms with van der Waals surface area (Å²) < 4.78 is 1.85. The van der Waals surface area contributed by atoms with Gasteiger partial charge >= 0.3 is 0 Å². The molecule has 0 amide bonds. The number of nitrogens with zero attached hydrogens (tertiary/aromatic N) is 2. The van der Waals surface area contributed by atoms with E-state index in [4.69, 9.17) is 0 Å². The number of rotatable bonds is 5. The molecule has 0 aromatic carbocycles. The molecule has 1 aromatic heterocycles. The third kappa shape index (κ3) is 2.40. The molecule has 0 aliphatic heterocycles. The van der Waals surface area contributed by atoms with Gasteiger partial charge in [0.2, 0.25) is 0 Å². The van der Waals surface area contributed by atoms with Crippen molar-refractivity contribution in [1.82, 2.24) is 15.1 Å². The van der Waals surface area contributed by atoms with E-state index < -0.39 is 0 Å². The van der Waals surface area contributed by atoms with Gasteiger partial charge in [-0.05, 0) is 24.2 Å². The van der Waals surface area contributed by atoms with Crippen LogP contribution in [0.25, 0.3) is 0 Å². The zero-order chi connectivity index (χ0) is 10.9. The molecule has 84 valence electrons. The topological polar surface area (TPSA) is 29.9 Å². The average molecular weight is 207 g/mol. The van der Waals surface area contributed by atoms with E-state index in [1.165, 1.54) is 18.4 Å². The number of nitrogens with one attached hydrogen (secondary N) is 1. The summed E-state index contributed by atoms with van der Waals surface area (Å²) in [5.74, 6) is 0.805. The molecule has 0 radical (unpaired) electrons. The van der Waals surface area contributed by atoms with Crippen molar-refractivity contribution in [1.29, 1.82) is 0 Å². The fourth-order valence-electron chi connectivity index (χ4n) is 2.14. The molecule has 0 spiro atoms. The van der Waals surface area contributed by atoms with Gasteiger partial charge in [-0.3, -0.25) is 4.68 Å². The van der Waals surface area contributed by atoms with Crippen LogP contribution in [0.15, 0.2) is 12.4 Å². The van der Waals surface area contributed by atoms with E-state index in [0.717, 1.165) is 19.0 Å². The molecule has 1 aromatic rings. The summed E-state index contributed by atoms with van der Waals surface area (Å²) in [6.45, 7) is 6.76. The van der Waals surface area contributed by atoms with Crippen molar-refractivity contribution < 1.29 is 0 Å². The van der Waals surface area contributed by atoms with Gasteiger partial charge in [-0.15, -0.1) is 0 Å². The molecule has 1 aliphatic carbocycles. The second kappa shape index (κ2) is 3.97. The molecule has 1 aliphatic rings. The van der Waals surface area contributed by atoms with Crippen LogP contribution in [0.5, 0.6) is 0 Å². The van der Waals surface area contributed by atoms with Crippen molar-refractivity contribution in [2.45, 2.75) is 33.2 Å². The number of aryl methyl sites for hydroxylation is 1. The van der Waals surface area contributed by atoms with Crippen molar-refractivity contribution in [3.63, 3.8) is 0 Å². The Morgan fingerprint density at radius 1 is 1.53 bits per heavy atom. The Kier molecular flexibility index (Phi) is 2.83. The zero-order valence-corrected chi connectivity index (χ0v) is 9.95. The largest absolute Gasteiger partial charge is 0.312 e. The van der Waals surface area contributed by atoms with Crippen molar-refractivity contribution in [3.8, 4) is 0 Å². The first kappa shape index (κ1) is 10.7. The van der Waals surface area contributed by atoms with E-state index in [0.29, 0.717) is 5.41 Å². The lowest BCUT2D eigenvalue weighted by Gasteiger charge is -2.19. The Morgan fingerprint density at radius 2 is 2.27 bits per heavy atom. The highest BCUT2D eigenvalue weighted by Crippen LogP contribution is 2.51.